The quantitative estimate of drug-likeness (QED) is 0.201. The molecule has 7 nitrogen and oxygen atoms in total. The van der Waals surface area contributed by atoms with Gasteiger partial charge in [0.05, 0.1) is 7.11 Å². The molecule has 0 aliphatic rings. The minimum atomic E-state index is -0.0818. The Bertz CT molecular complexity index is 1090. The van der Waals surface area contributed by atoms with Crippen LogP contribution in [-0.2, 0) is 13.0 Å². The van der Waals surface area contributed by atoms with Gasteiger partial charge in [0.25, 0.3) is 5.91 Å². The number of nitrogens with one attached hydrogen (secondary N) is 3. The van der Waals surface area contributed by atoms with Crippen LogP contribution in [0.5, 0.6) is 17.2 Å². The second kappa shape index (κ2) is 14.1. The zero-order valence-corrected chi connectivity index (χ0v) is 22.0. The maximum absolute atomic E-state index is 11.8. The van der Waals surface area contributed by atoms with Gasteiger partial charge in [-0.15, -0.1) is 24.0 Å². The van der Waals surface area contributed by atoms with Crippen LogP contribution in [0.4, 0.5) is 0 Å². The average molecular weight is 574 g/mol. The van der Waals surface area contributed by atoms with Crippen molar-refractivity contribution in [1.29, 1.82) is 0 Å². The summed E-state index contributed by atoms with van der Waals surface area (Å²) in [6.07, 6.45) is 0.778. The molecule has 180 valence electrons. The Hall–Kier alpha value is -3.27. The summed E-state index contributed by atoms with van der Waals surface area (Å²) in [5, 5.41) is 9.27. The molecule has 8 heteroatoms. The first kappa shape index (κ1) is 27.0. The lowest BCUT2D eigenvalue weighted by molar-refractivity contribution is 0.0963. The number of nitrogens with zero attached hydrogens (tertiary/aromatic N) is 1. The average Bonchev–Trinajstić information content (AvgIpc) is 2.87. The Kier molecular flexibility index (Phi) is 11.2. The lowest BCUT2D eigenvalue weighted by Crippen LogP contribution is -2.37. The van der Waals surface area contributed by atoms with Crippen LogP contribution in [0.2, 0.25) is 0 Å². The number of methoxy groups -OCH3 is 1. The minimum Gasteiger partial charge on any atom is -0.493 e. The predicted octanol–water partition coefficient (Wildman–Crippen LogP) is 4.37. The number of aliphatic imine (C=N–C) groups is 1. The van der Waals surface area contributed by atoms with Gasteiger partial charge in [-0.1, -0.05) is 36.4 Å². The van der Waals surface area contributed by atoms with Crippen molar-refractivity contribution in [3.05, 3.63) is 89.5 Å². The van der Waals surface area contributed by atoms with Crippen LogP contribution in [-0.4, -0.2) is 39.6 Å². The summed E-state index contributed by atoms with van der Waals surface area (Å²) in [5.74, 6) is 2.74. The third-order valence-electron chi connectivity index (χ3n) is 5.03. The molecule has 0 saturated carbocycles. The molecular formula is C26H31IN4O3. The molecular weight excluding hydrogens is 543 g/mol. The molecule has 3 rings (SSSR count). The summed E-state index contributed by atoms with van der Waals surface area (Å²) < 4.78 is 11.2. The van der Waals surface area contributed by atoms with Gasteiger partial charge in [-0.05, 0) is 53.9 Å². The standard InChI is InChI=1S/C26H30N4O3.HI/c1-27-25(31)21-8-6-7-19(17-21)15-16-29-26(28-2)30-18-20-11-13-22(14-12-20)33-24-10-5-4-9-23(24)32-3;/h4-14,17H,15-16,18H2,1-3H3,(H,27,31)(H2,28,29,30);1H. The molecule has 0 unspecified atom stereocenters. The first-order valence-corrected chi connectivity index (χ1v) is 10.8. The van der Waals surface area contributed by atoms with Crippen molar-refractivity contribution in [2.45, 2.75) is 13.0 Å². The SMILES string of the molecule is CN=C(NCCc1cccc(C(=O)NC)c1)NCc1ccc(Oc2ccccc2OC)cc1.I. The van der Waals surface area contributed by atoms with Crippen molar-refractivity contribution < 1.29 is 14.3 Å². The molecule has 3 aromatic rings. The summed E-state index contributed by atoms with van der Waals surface area (Å²) in [7, 11) is 5.00. The first-order chi connectivity index (χ1) is 16.1. The zero-order valence-electron chi connectivity index (χ0n) is 19.6. The zero-order chi connectivity index (χ0) is 23.5. The van der Waals surface area contributed by atoms with Gasteiger partial charge in [0.2, 0.25) is 0 Å². The van der Waals surface area contributed by atoms with E-state index in [0.29, 0.717) is 36.1 Å². The van der Waals surface area contributed by atoms with Crippen molar-refractivity contribution in [3.63, 3.8) is 0 Å². The van der Waals surface area contributed by atoms with Gasteiger partial charge >= 0.3 is 0 Å². The lowest BCUT2D eigenvalue weighted by Gasteiger charge is -2.13. The third kappa shape index (κ3) is 7.95. The van der Waals surface area contributed by atoms with Gasteiger partial charge < -0.3 is 25.4 Å². The molecule has 0 atom stereocenters. The lowest BCUT2D eigenvalue weighted by atomic mass is 10.1. The molecule has 0 saturated heterocycles. The Labute approximate surface area is 218 Å². The van der Waals surface area contributed by atoms with Crippen molar-refractivity contribution in [1.82, 2.24) is 16.0 Å². The topological polar surface area (TPSA) is 84.0 Å². The van der Waals surface area contributed by atoms with Crippen LogP contribution in [0.1, 0.15) is 21.5 Å². The fourth-order valence-electron chi connectivity index (χ4n) is 3.25. The maximum atomic E-state index is 11.8. The van der Waals surface area contributed by atoms with E-state index in [1.807, 2.05) is 72.8 Å². The largest absolute Gasteiger partial charge is 0.493 e. The van der Waals surface area contributed by atoms with E-state index in [-0.39, 0.29) is 29.9 Å². The molecule has 0 aliphatic carbocycles. The summed E-state index contributed by atoms with van der Waals surface area (Å²) >= 11 is 0. The van der Waals surface area contributed by atoms with E-state index < -0.39 is 0 Å². The van der Waals surface area contributed by atoms with Crippen LogP contribution in [0, 0.1) is 0 Å². The predicted molar refractivity (Wildman–Crippen MR) is 147 cm³/mol. The monoisotopic (exact) mass is 574 g/mol. The van der Waals surface area contributed by atoms with Crippen LogP contribution in [0.15, 0.2) is 77.8 Å². The summed E-state index contributed by atoms with van der Waals surface area (Å²) in [6, 6.07) is 23.1. The van der Waals surface area contributed by atoms with Crippen molar-refractivity contribution in [3.8, 4) is 17.2 Å². The highest BCUT2D eigenvalue weighted by Crippen LogP contribution is 2.30. The number of halogens is 1. The molecule has 1 amide bonds. The molecule has 0 fully saturated rings. The molecule has 0 radical (unpaired) electrons. The summed E-state index contributed by atoms with van der Waals surface area (Å²) in [4.78, 5) is 16.1. The van der Waals surface area contributed by atoms with Gasteiger partial charge in [0, 0.05) is 32.7 Å². The van der Waals surface area contributed by atoms with E-state index in [1.165, 1.54) is 0 Å². The number of guanidine groups is 1. The summed E-state index contributed by atoms with van der Waals surface area (Å²) in [5.41, 5.74) is 2.85. The summed E-state index contributed by atoms with van der Waals surface area (Å²) in [6.45, 7) is 1.32. The van der Waals surface area contributed by atoms with E-state index in [9.17, 15) is 4.79 Å². The Balaban J connectivity index is 0.00000408. The molecule has 0 aliphatic heterocycles. The van der Waals surface area contributed by atoms with E-state index in [0.717, 1.165) is 23.3 Å². The molecule has 3 aromatic carbocycles. The highest BCUT2D eigenvalue weighted by molar-refractivity contribution is 14.0. The van der Waals surface area contributed by atoms with Crippen LogP contribution in [0.3, 0.4) is 0 Å². The maximum Gasteiger partial charge on any atom is 0.251 e. The van der Waals surface area contributed by atoms with Gasteiger partial charge in [0.15, 0.2) is 17.5 Å². The van der Waals surface area contributed by atoms with Crippen LogP contribution >= 0.6 is 24.0 Å². The molecule has 0 spiro atoms. The van der Waals surface area contributed by atoms with Gasteiger partial charge in [-0.3, -0.25) is 9.79 Å². The number of hydrogen-bond acceptors (Lipinski definition) is 4. The van der Waals surface area contributed by atoms with E-state index in [4.69, 9.17) is 9.47 Å². The van der Waals surface area contributed by atoms with Crippen molar-refractivity contribution in [2.24, 2.45) is 4.99 Å². The van der Waals surface area contributed by atoms with Gasteiger partial charge in [-0.25, -0.2) is 0 Å². The number of hydrogen-bond donors (Lipinski definition) is 3. The van der Waals surface area contributed by atoms with E-state index >= 15 is 0 Å². The molecule has 0 aromatic heterocycles. The second-order valence-corrected chi connectivity index (χ2v) is 7.28. The van der Waals surface area contributed by atoms with Gasteiger partial charge in [0.1, 0.15) is 5.75 Å². The third-order valence-corrected chi connectivity index (χ3v) is 5.03. The van der Waals surface area contributed by atoms with Crippen molar-refractivity contribution >= 4 is 35.8 Å². The molecule has 3 N–H and O–H groups in total. The van der Waals surface area contributed by atoms with Crippen LogP contribution < -0.4 is 25.4 Å². The highest BCUT2D eigenvalue weighted by atomic mass is 127. The second-order valence-electron chi connectivity index (χ2n) is 7.28. The first-order valence-electron chi connectivity index (χ1n) is 10.8. The minimum absolute atomic E-state index is 0. The number of para-hydroxylation sites is 2. The number of ether oxygens (including phenoxy) is 2. The highest BCUT2D eigenvalue weighted by Gasteiger charge is 2.06. The molecule has 0 bridgehead atoms. The normalized spacial score (nSPS) is 10.6. The smallest absolute Gasteiger partial charge is 0.251 e. The molecule has 34 heavy (non-hydrogen) atoms. The van der Waals surface area contributed by atoms with E-state index in [2.05, 4.69) is 20.9 Å². The van der Waals surface area contributed by atoms with E-state index in [1.54, 1.807) is 21.2 Å². The fourth-order valence-corrected chi connectivity index (χ4v) is 3.25. The number of rotatable bonds is 9. The van der Waals surface area contributed by atoms with Gasteiger partial charge in [-0.2, -0.15) is 0 Å². The Morgan fingerprint density at radius 3 is 2.32 bits per heavy atom. The number of amides is 1. The number of carbonyl (C=O) groups is 1. The Morgan fingerprint density at radius 2 is 1.65 bits per heavy atom. The Morgan fingerprint density at radius 1 is 0.912 bits per heavy atom. The molecule has 0 heterocycles. The van der Waals surface area contributed by atoms with Crippen molar-refractivity contribution in [2.75, 3.05) is 27.7 Å². The number of carbonyl (C=O) groups excluding carboxylic acids is 1. The number of benzene rings is 3. The van der Waals surface area contributed by atoms with Crippen LogP contribution in [0.25, 0.3) is 0 Å². The fraction of sp³-hybridized carbons (Fsp3) is 0.231.